The Morgan fingerprint density at radius 1 is 1.19 bits per heavy atom. The van der Waals surface area contributed by atoms with Crippen LogP contribution < -0.4 is 15.8 Å². The summed E-state index contributed by atoms with van der Waals surface area (Å²) < 4.78 is 7.68. The van der Waals surface area contributed by atoms with Gasteiger partial charge in [-0.25, -0.2) is 4.79 Å². The summed E-state index contributed by atoms with van der Waals surface area (Å²) in [5.74, 6) is 2.17. The highest BCUT2D eigenvalue weighted by atomic mass is 32.2. The number of aromatic nitrogens is 3. The van der Waals surface area contributed by atoms with Gasteiger partial charge in [0, 0.05) is 55.0 Å². The van der Waals surface area contributed by atoms with Crippen molar-refractivity contribution < 1.29 is 9.21 Å². The topological polar surface area (TPSA) is 93.3 Å². The predicted molar refractivity (Wildman–Crippen MR) is 125 cm³/mol. The molecule has 0 spiro atoms. The van der Waals surface area contributed by atoms with Crippen molar-refractivity contribution in [3.8, 4) is 0 Å². The molecule has 2 fully saturated rings. The zero-order valence-corrected chi connectivity index (χ0v) is 19.2. The molecule has 3 aromatic rings. The van der Waals surface area contributed by atoms with Gasteiger partial charge in [0.05, 0.1) is 0 Å². The predicted octanol–water partition coefficient (Wildman–Crippen LogP) is 4.21. The number of hydrogen-bond donors (Lipinski definition) is 1. The summed E-state index contributed by atoms with van der Waals surface area (Å²) in [5.41, 5.74) is 1.55. The maximum atomic E-state index is 12.2. The van der Waals surface area contributed by atoms with E-state index >= 15 is 0 Å². The Kier molecular flexibility index (Phi) is 5.67. The fraction of sp³-hybridized carbons (Fsp3) is 0.478. The first-order chi connectivity index (χ1) is 15.5. The van der Waals surface area contributed by atoms with Gasteiger partial charge in [0.2, 0.25) is 11.9 Å². The first-order valence-corrected chi connectivity index (χ1v) is 12.1. The molecule has 0 bridgehead atoms. The van der Waals surface area contributed by atoms with E-state index in [1.54, 1.807) is 17.8 Å². The average Bonchev–Trinajstić information content (AvgIpc) is 3.51. The first kappa shape index (κ1) is 21.1. The minimum Gasteiger partial charge on any atom is -0.423 e. The highest BCUT2D eigenvalue weighted by Gasteiger charge is 2.32. The van der Waals surface area contributed by atoms with Crippen LogP contribution in [0.15, 0.2) is 38.6 Å². The van der Waals surface area contributed by atoms with Gasteiger partial charge in [-0.3, -0.25) is 9.36 Å². The van der Waals surface area contributed by atoms with E-state index in [1.807, 2.05) is 12.1 Å². The molecule has 32 heavy (non-hydrogen) atoms. The summed E-state index contributed by atoms with van der Waals surface area (Å²) >= 11 is 1.60. The number of anilines is 2. The van der Waals surface area contributed by atoms with Gasteiger partial charge in [-0.2, -0.15) is 0 Å². The molecule has 5 rings (SSSR count). The Morgan fingerprint density at radius 3 is 2.69 bits per heavy atom. The number of benzene rings is 1. The SMILES string of the molecule is CC(=O)Nc1ccc2c(CSc3nnc(N4CCC(C)CC4)n3C3CC3)cc(=O)oc2c1. The fourth-order valence-electron chi connectivity index (χ4n) is 4.22. The summed E-state index contributed by atoms with van der Waals surface area (Å²) in [7, 11) is 0. The Hall–Kier alpha value is -2.81. The number of thioether (sulfide) groups is 1. The number of nitrogens with one attached hydrogen (secondary N) is 1. The third-order valence-electron chi connectivity index (χ3n) is 6.13. The zero-order chi connectivity index (χ0) is 22.2. The highest BCUT2D eigenvalue weighted by Crippen LogP contribution is 2.42. The Bertz CT molecular complexity index is 1210. The second-order valence-corrected chi connectivity index (χ2v) is 9.77. The fourth-order valence-corrected chi connectivity index (χ4v) is 5.21. The van der Waals surface area contributed by atoms with E-state index < -0.39 is 5.63 Å². The maximum absolute atomic E-state index is 12.2. The number of piperidine rings is 1. The molecule has 0 radical (unpaired) electrons. The lowest BCUT2D eigenvalue weighted by atomic mass is 10.00. The molecular formula is C23H27N5O3S. The van der Waals surface area contributed by atoms with Gasteiger partial charge in [-0.1, -0.05) is 18.7 Å². The van der Waals surface area contributed by atoms with E-state index in [9.17, 15) is 9.59 Å². The highest BCUT2D eigenvalue weighted by molar-refractivity contribution is 7.98. The largest absolute Gasteiger partial charge is 0.423 e. The van der Waals surface area contributed by atoms with Gasteiger partial charge >= 0.3 is 5.63 Å². The van der Waals surface area contributed by atoms with Gasteiger partial charge in [0.25, 0.3) is 0 Å². The van der Waals surface area contributed by atoms with Crippen LogP contribution in [0.1, 0.15) is 51.1 Å². The van der Waals surface area contributed by atoms with Crippen LogP contribution in [0.4, 0.5) is 11.6 Å². The molecule has 1 N–H and O–H groups in total. The number of nitrogens with zero attached hydrogens (tertiary/aromatic N) is 4. The van der Waals surface area contributed by atoms with Crippen LogP contribution in [-0.2, 0) is 10.5 Å². The van der Waals surface area contributed by atoms with Crippen LogP contribution in [0.5, 0.6) is 0 Å². The van der Waals surface area contributed by atoms with Crippen molar-refractivity contribution in [1.29, 1.82) is 0 Å². The van der Waals surface area contributed by atoms with Crippen LogP contribution in [-0.4, -0.2) is 33.8 Å². The second-order valence-electron chi connectivity index (χ2n) is 8.82. The van der Waals surface area contributed by atoms with E-state index in [0.717, 1.165) is 53.9 Å². The van der Waals surface area contributed by atoms with Gasteiger partial charge in [-0.05, 0) is 49.3 Å². The van der Waals surface area contributed by atoms with Crippen molar-refractivity contribution in [3.63, 3.8) is 0 Å². The molecule has 1 amide bonds. The average molecular weight is 454 g/mol. The Labute approximate surface area is 190 Å². The van der Waals surface area contributed by atoms with Crippen LogP contribution >= 0.6 is 11.8 Å². The number of amides is 1. The number of carbonyl (C=O) groups is 1. The lowest BCUT2D eigenvalue weighted by Gasteiger charge is -2.31. The monoisotopic (exact) mass is 453 g/mol. The molecule has 2 aliphatic rings. The van der Waals surface area contributed by atoms with Crippen LogP contribution in [0.25, 0.3) is 11.0 Å². The first-order valence-electron chi connectivity index (χ1n) is 11.1. The molecule has 1 aliphatic carbocycles. The van der Waals surface area contributed by atoms with Crippen molar-refractivity contribution in [2.45, 2.75) is 56.5 Å². The number of hydrogen-bond acceptors (Lipinski definition) is 7. The van der Waals surface area contributed by atoms with Gasteiger partial charge in [0.1, 0.15) is 5.58 Å². The number of fused-ring (bicyclic) bond motifs is 1. The molecule has 168 valence electrons. The van der Waals surface area contributed by atoms with Crippen molar-refractivity contribution in [1.82, 2.24) is 14.8 Å². The molecule has 0 unspecified atom stereocenters. The molecule has 0 atom stereocenters. The molecular weight excluding hydrogens is 426 g/mol. The quantitative estimate of drug-likeness (QED) is 0.441. The minimum absolute atomic E-state index is 0.170. The summed E-state index contributed by atoms with van der Waals surface area (Å²) in [6.07, 6.45) is 4.69. The molecule has 3 heterocycles. The smallest absolute Gasteiger partial charge is 0.336 e. The van der Waals surface area contributed by atoms with Gasteiger partial charge < -0.3 is 14.6 Å². The molecule has 1 aliphatic heterocycles. The van der Waals surface area contributed by atoms with Crippen LogP contribution in [0.3, 0.4) is 0 Å². The molecule has 9 heteroatoms. The van der Waals surface area contributed by atoms with E-state index in [4.69, 9.17) is 4.42 Å². The van der Waals surface area contributed by atoms with E-state index in [0.29, 0.717) is 23.1 Å². The molecule has 1 saturated carbocycles. The zero-order valence-electron chi connectivity index (χ0n) is 18.3. The lowest BCUT2D eigenvalue weighted by molar-refractivity contribution is -0.114. The third-order valence-corrected chi connectivity index (χ3v) is 7.12. The van der Waals surface area contributed by atoms with E-state index in [1.165, 1.54) is 25.8 Å². The van der Waals surface area contributed by atoms with Crippen LogP contribution in [0, 0.1) is 5.92 Å². The Balaban J connectivity index is 1.40. The summed E-state index contributed by atoms with van der Waals surface area (Å²) in [5, 5.41) is 13.6. The molecule has 1 aromatic carbocycles. The lowest BCUT2D eigenvalue weighted by Crippen LogP contribution is -2.34. The maximum Gasteiger partial charge on any atom is 0.336 e. The van der Waals surface area contributed by atoms with Crippen molar-refractivity contribution in [2.24, 2.45) is 5.92 Å². The minimum atomic E-state index is -0.403. The van der Waals surface area contributed by atoms with E-state index in [-0.39, 0.29) is 5.91 Å². The summed E-state index contributed by atoms with van der Waals surface area (Å²) in [6.45, 7) is 5.81. The van der Waals surface area contributed by atoms with Crippen molar-refractivity contribution in [2.75, 3.05) is 23.3 Å². The summed E-state index contributed by atoms with van der Waals surface area (Å²) in [4.78, 5) is 25.9. The van der Waals surface area contributed by atoms with Crippen molar-refractivity contribution >= 4 is 40.3 Å². The standard InChI is InChI=1S/C23H27N5O3S/c1-14-7-9-27(10-8-14)22-25-26-23(28(22)18-4-5-18)32-13-16-11-21(30)31-20-12-17(24-15(2)29)3-6-19(16)20/h3,6,11-12,14,18H,4-5,7-10,13H2,1-2H3,(H,24,29). The Morgan fingerprint density at radius 2 is 1.97 bits per heavy atom. The van der Waals surface area contributed by atoms with Crippen LogP contribution in [0.2, 0.25) is 0 Å². The third kappa shape index (κ3) is 4.39. The van der Waals surface area contributed by atoms with Crippen molar-refractivity contribution in [3.05, 3.63) is 40.2 Å². The molecule has 1 saturated heterocycles. The number of carbonyl (C=O) groups excluding carboxylic acids is 1. The van der Waals surface area contributed by atoms with Gasteiger partial charge in [-0.15, -0.1) is 10.2 Å². The second kappa shape index (κ2) is 8.61. The molecule has 2 aromatic heterocycles. The number of rotatable bonds is 6. The van der Waals surface area contributed by atoms with E-state index in [2.05, 4.69) is 31.9 Å². The summed E-state index contributed by atoms with van der Waals surface area (Å²) in [6, 6.07) is 7.40. The normalized spacial score (nSPS) is 17.1. The molecule has 8 nitrogen and oxygen atoms in total. The van der Waals surface area contributed by atoms with Gasteiger partial charge in [0.15, 0.2) is 5.16 Å².